The zero-order valence-electron chi connectivity index (χ0n) is 20.8. The van der Waals surface area contributed by atoms with Gasteiger partial charge in [0.1, 0.15) is 5.75 Å². The van der Waals surface area contributed by atoms with E-state index < -0.39 is 11.9 Å². The molecule has 0 aromatic heterocycles. The van der Waals surface area contributed by atoms with Gasteiger partial charge in [-0.1, -0.05) is 24.3 Å². The first-order valence-corrected chi connectivity index (χ1v) is 11.7. The number of methoxy groups -OCH3 is 3. The van der Waals surface area contributed by atoms with Gasteiger partial charge >= 0.3 is 5.97 Å². The lowest BCUT2D eigenvalue weighted by molar-refractivity contribution is -0.138. The fraction of sp³-hybridized carbons (Fsp3) is 0.357. The van der Waals surface area contributed by atoms with Gasteiger partial charge in [0.25, 0.3) is 0 Å². The van der Waals surface area contributed by atoms with Gasteiger partial charge in [-0.15, -0.1) is 0 Å². The number of nitrogens with one attached hydrogen (secondary N) is 1. The number of carbonyl (C=O) groups is 2. The van der Waals surface area contributed by atoms with E-state index in [0.717, 1.165) is 22.6 Å². The van der Waals surface area contributed by atoms with E-state index in [1.54, 1.807) is 34.3 Å². The number of ketones is 1. The fourth-order valence-corrected chi connectivity index (χ4v) is 5.11. The largest absolute Gasteiger partial charge is 0.496 e. The molecule has 0 spiro atoms. The second-order valence-electron chi connectivity index (χ2n) is 8.59. The van der Waals surface area contributed by atoms with Crippen LogP contribution in [0.15, 0.2) is 65.0 Å². The van der Waals surface area contributed by atoms with Crippen LogP contribution < -0.4 is 19.5 Å². The van der Waals surface area contributed by atoms with Crippen molar-refractivity contribution in [3.63, 3.8) is 0 Å². The van der Waals surface area contributed by atoms with Gasteiger partial charge in [-0.3, -0.25) is 4.79 Å². The van der Waals surface area contributed by atoms with Gasteiger partial charge in [-0.2, -0.15) is 0 Å². The van der Waals surface area contributed by atoms with Crippen LogP contribution in [0.4, 0.5) is 0 Å². The second kappa shape index (κ2) is 10.3. The summed E-state index contributed by atoms with van der Waals surface area (Å²) in [5.74, 6) is 0.808. The molecular formula is C28H31NO6. The second-order valence-corrected chi connectivity index (χ2v) is 8.59. The number of allylic oxidation sites excluding steroid dienone is 3. The van der Waals surface area contributed by atoms with Gasteiger partial charge in [0, 0.05) is 35.2 Å². The molecule has 2 atom stereocenters. The molecule has 0 radical (unpaired) electrons. The number of benzene rings is 2. The van der Waals surface area contributed by atoms with Crippen molar-refractivity contribution in [3.8, 4) is 17.2 Å². The minimum absolute atomic E-state index is 0.0104. The van der Waals surface area contributed by atoms with E-state index in [0.29, 0.717) is 41.2 Å². The van der Waals surface area contributed by atoms with Crippen molar-refractivity contribution < 1.29 is 28.5 Å². The summed E-state index contributed by atoms with van der Waals surface area (Å²) >= 11 is 0. The number of esters is 1. The smallest absolute Gasteiger partial charge is 0.336 e. The van der Waals surface area contributed by atoms with E-state index >= 15 is 0 Å². The Morgan fingerprint density at radius 2 is 1.69 bits per heavy atom. The first-order valence-electron chi connectivity index (χ1n) is 11.7. The number of rotatable bonds is 7. The van der Waals surface area contributed by atoms with Crippen LogP contribution >= 0.6 is 0 Å². The highest BCUT2D eigenvalue weighted by molar-refractivity contribution is 6.04. The van der Waals surface area contributed by atoms with Crippen LogP contribution in [-0.4, -0.2) is 39.7 Å². The molecule has 1 aliphatic heterocycles. The first-order chi connectivity index (χ1) is 16.9. The molecule has 2 aromatic carbocycles. The molecule has 7 heteroatoms. The Morgan fingerprint density at radius 3 is 2.37 bits per heavy atom. The quantitative estimate of drug-likeness (QED) is 0.582. The van der Waals surface area contributed by atoms with Crippen LogP contribution in [0, 0.1) is 0 Å². The summed E-state index contributed by atoms with van der Waals surface area (Å²) in [4.78, 5) is 26.8. The van der Waals surface area contributed by atoms with Gasteiger partial charge in [0.05, 0.1) is 33.5 Å². The Morgan fingerprint density at radius 1 is 0.971 bits per heavy atom. The molecule has 0 fully saturated rings. The number of ether oxygens (including phenoxy) is 4. The number of hydrogen-bond donors (Lipinski definition) is 1. The van der Waals surface area contributed by atoms with Crippen molar-refractivity contribution in [2.75, 3.05) is 27.9 Å². The predicted octanol–water partition coefficient (Wildman–Crippen LogP) is 4.64. The van der Waals surface area contributed by atoms with Crippen molar-refractivity contribution in [2.24, 2.45) is 0 Å². The van der Waals surface area contributed by atoms with Crippen LogP contribution in [0.2, 0.25) is 0 Å². The molecule has 0 bridgehead atoms. The zero-order valence-corrected chi connectivity index (χ0v) is 20.8. The van der Waals surface area contributed by atoms with Crippen molar-refractivity contribution in [2.45, 2.75) is 38.5 Å². The molecule has 0 saturated carbocycles. The van der Waals surface area contributed by atoms with E-state index in [-0.39, 0.29) is 18.3 Å². The highest BCUT2D eigenvalue weighted by Crippen LogP contribution is 2.47. The minimum Gasteiger partial charge on any atom is -0.496 e. The summed E-state index contributed by atoms with van der Waals surface area (Å²) in [6.45, 7) is 3.86. The predicted molar refractivity (Wildman–Crippen MR) is 132 cm³/mol. The molecule has 0 amide bonds. The maximum atomic E-state index is 13.7. The monoisotopic (exact) mass is 477 g/mol. The lowest BCUT2D eigenvalue weighted by Crippen LogP contribution is -2.36. The van der Waals surface area contributed by atoms with Crippen LogP contribution in [0.5, 0.6) is 17.2 Å². The van der Waals surface area contributed by atoms with E-state index in [2.05, 4.69) is 5.32 Å². The van der Waals surface area contributed by atoms with Gasteiger partial charge in [0.2, 0.25) is 0 Å². The number of para-hydroxylation sites is 1. The molecule has 184 valence electrons. The normalized spacial score (nSPS) is 19.6. The first kappa shape index (κ1) is 24.4. The van der Waals surface area contributed by atoms with Crippen molar-refractivity contribution >= 4 is 11.8 Å². The van der Waals surface area contributed by atoms with E-state index in [9.17, 15) is 9.59 Å². The Hall–Kier alpha value is -3.74. The third-order valence-electron chi connectivity index (χ3n) is 6.64. The summed E-state index contributed by atoms with van der Waals surface area (Å²) < 4.78 is 21.9. The van der Waals surface area contributed by atoms with E-state index in [1.165, 1.54) is 0 Å². The highest BCUT2D eigenvalue weighted by atomic mass is 16.5. The third kappa shape index (κ3) is 4.50. The molecule has 7 nitrogen and oxygen atoms in total. The minimum atomic E-state index is -0.573. The van der Waals surface area contributed by atoms with Crippen LogP contribution in [0.3, 0.4) is 0 Å². The molecule has 1 N–H and O–H groups in total. The average molecular weight is 478 g/mol. The highest BCUT2D eigenvalue weighted by Gasteiger charge is 2.42. The van der Waals surface area contributed by atoms with Crippen molar-refractivity contribution in [1.82, 2.24) is 5.32 Å². The Balaban J connectivity index is 1.84. The van der Waals surface area contributed by atoms with Gasteiger partial charge in [-0.25, -0.2) is 4.79 Å². The van der Waals surface area contributed by atoms with Crippen molar-refractivity contribution in [3.05, 3.63) is 76.1 Å². The maximum absolute atomic E-state index is 13.7. The summed E-state index contributed by atoms with van der Waals surface area (Å²) in [5.41, 5.74) is 4.29. The average Bonchev–Trinajstić information content (AvgIpc) is 2.87. The van der Waals surface area contributed by atoms with Crippen LogP contribution in [0.25, 0.3) is 0 Å². The van der Waals surface area contributed by atoms with Crippen LogP contribution in [-0.2, 0) is 14.3 Å². The van der Waals surface area contributed by atoms with Crippen molar-refractivity contribution in [1.29, 1.82) is 0 Å². The SMILES string of the molecule is CCOC(=O)C1=C(C)NC2=C(C(=O)CC(c3ccccc3OC)C2)C1c1ccc(OC)c(OC)c1. The van der Waals surface area contributed by atoms with E-state index in [1.807, 2.05) is 43.3 Å². The lowest BCUT2D eigenvalue weighted by atomic mass is 9.71. The Bertz CT molecular complexity index is 1210. The Labute approximate surface area is 205 Å². The molecule has 2 aromatic rings. The van der Waals surface area contributed by atoms with Gasteiger partial charge < -0.3 is 24.3 Å². The molecule has 35 heavy (non-hydrogen) atoms. The third-order valence-corrected chi connectivity index (χ3v) is 6.64. The topological polar surface area (TPSA) is 83.1 Å². The number of dihydropyridines is 1. The van der Waals surface area contributed by atoms with E-state index in [4.69, 9.17) is 18.9 Å². The zero-order chi connectivity index (χ0) is 25.1. The molecule has 1 aliphatic carbocycles. The molecule has 1 heterocycles. The number of hydrogen-bond acceptors (Lipinski definition) is 7. The standard InChI is InChI=1S/C28H31NO6/c1-6-35-28(31)25-16(2)29-20-13-18(19-9-7-8-10-22(19)32-3)14-21(30)27(20)26(25)17-11-12-23(33-4)24(15-17)34-5/h7-12,15,18,26,29H,6,13-14H2,1-5H3. The molecule has 4 rings (SSSR count). The summed E-state index contributed by atoms with van der Waals surface area (Å²) in [7, 11) is 4.77. The fourth-order valence-electron chi connectivity index (χ4n) is 5.11. The molecule has 2 unspecified atom stereocenters. The summed E-state index contributed by atoms with van der Waals surface area (Å²) in [6.07, 6.45) is 0.943. The summed E-state index contributed by atoms with van der Waals surface area (Å²) in [5, 5.41) is 3.37. The molecule has 2 aliphatic rings. The lowest BCUT2D eigenvalue weighted by Gasteiger charge is -2.37. The molecule has 0 saturated heterocycles. The van der Waals surface area contributed by atoms with Gasteiger partial charge in [-0.05, 0) is 49.6 Å². The van der Waals surface area contributed by atoms with Gasteiger partial charge in [0.15, 0.2) is 17.3 Å². The van der Waals surface area contributed by atoms with Crippen LogP contribution in [0.1, 0.15) is 49.7 Å². The number of carbonyl (C=O) groups excluding carboxylic acids is 2. The number of Topliss-reactive ketones (excluding diaryl/α,β-unsaturated/α-hetero) is 1. The maximum Gasteiger partial charge on any atom is 0.336 e. The summed E-state index contributed by atoms with van der Waals surface area (Å²) in [6, 6.07) is 13.3. The molecular weight excluding hydrogens is 446 g/mol. The Kier molecular flexibility index (Phi) is 7.15.